The van der Waals surface area contributed by atoms with Crippen LogP contribution < -0.4 is 0 Å². The molecule has 3 nitrogen and oxygen atoms in total. The summed E-state index contributed by atoms with van der Waals surface area (Å²) in [4.78, 5) is 14.7. The van der Waals surface area contributed by atoms with E-state index in [0.717, 1.165) is 32.3 Å². The van der Waals surface area contributed by atoms with E-state index in [2.05, 4.69) is 4.99 Å². The largest absolute Gasteiger partial charge is 0.376 e. The SMILES string of the molecule is O=C=NC1(C2CCCCO2)CCCCC1. The molecular formula is C12H19NO2. The highest BCUT2D eigenvalue weighted by Gasteiger charge is 2.41. The predicted molar refractivity (Wildman–Crippen MR) is 57.5 cm³/mol. The summed E-state index contributed by atoms with van der Waals surface area (Å²) in [5, 5.41) is 0. The van der Waals surface area contributed by atoms with Crippen molar-refractivity contribution in [3.8, 4) is 0 Å². The molecule has 0 bridgehead atoms. The number of carbonyl (C=O) groups excluding carboxylic acids is 1. The molecule has 0 amide bonds. The first-order valence-electron chi connectivity index (χ1n) is 6.08. The Labute approximate surface area is 90.9 Å². The Hall–Kier alpha value is -0.660. The molecule has 1 saturated carbocycles. The van der Waals surface area contributed by atoms with Gasteiger partial charge in [-0.2, -0.15) is 4.99 Å². The van der Waals surface area contributed by atoms with Crippen LogP contribution in [0.2, 0.25) is 0 Å². The first kappa shape index (κ1) is 10.8. The molecule has 3 heteroatoms. The van der Waals surface area contributed by atoms with Crippen LogP contribution in [0.3, 0.4) is 0 Å². The van der Waals surface area contributed by atoms with Crippen LogP contribution in [0, 0.1) is 0 Å². The number of nitrogens with zero attached hydrogens (tertiary/aromatic N) is 1. The van der Waals surface area contributed by atoms with Gasteiger partial charge in [0.05, 0.1) is 11.6 Å². The maximum atomic E-state index is 10.6. The molecule has 0 N–H and O–H groups in total. The smallest absolute Gasteiger partial charge is 0.235 e. The van der Waals surface area contributed by atoms with E-state index in [0.29, 0.717) is 0 Å². The second-order valence-electron chi connectivity index (χ2n) is 4.72. The summed E-state index contributed by atoms with van der Waals surface area (Å²) < 4.78 is 5.80. The summed E-state index contributed by atoms with van der Waals surface area (Å²) >= 11 is 0. The van der Waals surface area contributed by atoms with E-state index in [1.54, 1.807) is 6.08 Å². The van der Waals surface area contributed by atoms with Crippen LogP contribution in [0.5, 0.6) is 0 Å². The fraction of sp³-hybridized carbons (Fsp3) is 0.917. The quantitative estimate of drug-likeness (QED) is 0.518. The Morgan fingerprint density at radius 1 is 1.13 bits per heavy atom. The highest BCUT2D eigenvalue weighted by Crippen LogP contribution is 2.38. The molecule has 1 saturated heterocycles. The van der Waals surface area contributed by atoms with Crippen molar-refractivity contribution in [2.24, 2.45) is 4.99 Å². The Morgan fingerprint density at radius 3 is 2.53 bits per heavy atom. The lowest BCUT2D eigenvalue weighted by molar-refractivity contribution is -0.0427. The van der Waals surface area contributed by atoms with Crippen LogP contribution in [-0.2, 0) is 9.53 Å². The molecule has 2 aliphatic rings. The fourth-order valence-electron chi connectivity index (χ4n) is 2.93. The third kappa shape index (κ3) is 2.30. The van der Waals surface area contributed by atoms with Gasteiger partial charge < -0.3 is 4.74 Å². The van der Waals surface area contributed by atoms with Crippen molar-refractivity contribution in [3.05, 3.63) is 0 Å². The molecule has 0 spiro atoms. The van der Waals surface area contributed by atoms with Crippen LogP contribution >= 0.6 is 0 Å². The molecule has 1 heterocycles. The van der Waals surface area contributed by atoms with Crippen LogP contribution in [0.25, 0.3) is 0 Å². The molecular weight excluding hydrogens is 190 g/mol. The summed E-state index contributed by atoms with van der Waals surface area (Å²) in [5.74, 6) is 0. The summed E-state index contributed by atoms with van der Waals surface area (Å²) in [6.07, 6.45) is 11.0. The first-order valence-corrected chi connectivity index (χ1v) is 6.08. The van der Waals surface area contributed by atoms with Gasteiger partial charge in [-0.3, -0.25) is 0 Å². The zero-order chi connectivity index (χ0) is 10.6. The van der Waals surface area contributed by atoms with Crippen LogP contribution in [-0.4, -0.2) is 24.3 Å². The van der Waals surface area contributed by atoms with Gasteiger partial charge in [-0.25, -0.2) is 4.79 Å². The lowest BCUT2D eigenvalue weighted by atomic mass is 9.76. The van der Waals surface area contributed by atoms with E-state index in [1.807, 2.05) is 0 Å². The van der Waals surface area contributed by atoms with E-state index in [9.17, 15) is 4.79 Å². The molecule has 15 heavy (non-hydrogen) atoms. The molecule has 0 aromatic heterocycles. The van der Waals surface area contributed by atoms with Gasteiger partial charge in [0.1, 0.15) is 0 Å². The van der Waals surface area contributed by atoms with Gasteiger partial charge in [0.2, 0.25) is 6.08 Å². The molecule has 1 aliphatic carbocycles. The van der Waals surface area contributed by atoms with Crippen molar-refractivity contribution in [2.75, 3.05) is 6.61 Å². The molecule has 84 valence electrons. The van der Waals surface area contributed by atoms with E-state index in [1.165, 1.54) is 25.7 Å². The van der Waals surface area contributed by atoms with Crippen molar-refractivity contribution in [1.29, 1.82) is 0 Å². The lowest BCUT2D eigenvalue weighted by Gasteiger charge is -2.40. The molecule has 2 fully saturated rings. The summed E-state index contributed by atoms with van der Waals surface area (Å²) in [5.41, 5.74) is -0.222. The van der Waals surface area contributed by atoms with Crippen LogP contribution in [0.1, 0.15) is 51.4 Å². The van der Waals surface area contributed by atoms with Gasteiger partial charge in [0.25, 0.3) is 0 Å². The first-order chi connectivity index (χ1) is 7.37. The fourth-order valence-corrected chi connectivity index (χ4v) is 2.93. The third-order valence-electron chi connectivity index (χ3n) is 3.77. The van der Waals surface area contributed by atoms with Crippen molar-refractivity contribution >= 4 is 6.08 Å². The predicted octanol–water partition coefficient (Wildman–Crippen LogP) is 2.59. The van der Waals surface area contributed by atoms with Crippen molar-refractivity contribution in [2.45, 2.75) is 63.0 Å². The average Bonchev–Trinajstić information content (AvgIpc) is 2.32. The second kappa shape index (κ2) is 4.91. The summed E-state index contributed by atoms with van der Waals surface area (Å²) in [6.45, 7) is 0.834. The monoisotopic (exact) mass is 209 g/mol. The number of aliphatic imine (C=N–C) groups is 1. The maximum absolute atomic E-state index is 10.6. The maximum Gasteiger partial charge on any atom is 0.235 e. The average molecular weight is 209 g/mol. The molecule has 0 aromatic rings. The Morgan fingerprint density at radius 2 is 1.93 bits per heavy atom. The normalized spacial score (nSPS) is 30.5. The summed E-state index contributed by atoms with van der Waals surface area (Å²) in [6, 6.07) is 0. The molecule has 1 atom stereocenters. The van der Waals surface area contributed by atoms with E-state index >= 15 is 0 Å². The zero-order valence-corrected chi connectivity index (χ0v) is 9.21. The highest BCUT2D eigenvalue weighted by atomic mass is 16.5. The van der Waals surface area contributed by atoms with Gasteiger partial charge in [-0.1, -0.05) is 19.3 Å². The van der Waals surface area contributed by atoms with E-state index < -0.39 is 0 Å². The van der Waals surface area contributed by atoms with Gasteiger partial charge in [-0.05, 0) is 32.1 Å². The Balaban J connectivity index is 2.12. The minimum Gasteiger partial charge on any atom is -0.376 e. The van der Waals surface area contributed by atoms with Gasteiger partial charge in [0.15, 0.2) is 0 Å². The van der Waals surface area contributed by atoms with Crippen molar-refractivity contribution in [1.82, 2.24) is 0 Å². The molecule has 1 aliphatic heterocycles. The topological polar surface area (TPSA) is 38.7 Å². The van der Waals surface area contributed by atoms with Gasteiger partial charge >= 0.3 is 0 Å². The lowest BCUT2D eigenvalue weighted by Crippen LogP contribution is -2.45. The molecule has 2 rings (SSSR count). The van der Waals surface area contributed by atoms with Crippen molar-refractivity contribution < 1.29 is 9.53 Å². The molecule has 1 unspecified atom stereocenters. The zero-order valence-electron chi connectivity index (χ0n) is 9.21. The van der Waals surface area contributed by atoms with Crippen molar-refractivity contribution in [3.63, 3.8) is 0 Å². The van der Waals surface area contributed by atoms with Crippen LogP contribution in [0.4, 0.5) is 0 Å². The highest BCUT2D eigenvalue weighted by molar-refractivity contribution is 5.35. The Bertz CT molecular complexity index is 246. The minimum absolute atomic E-state index is 0.174. The minimum atomic E-state index is -0.222. The third-order valence-corrected chi connectivity index (χ3v) is 3.77. The molecule has 0 radical (unpaired) electrons. The van der Waals surface area contributed by atoms with Crippen LogP contribution in [0.15, 0.2) is 4.99 Å². The number of hydrogen-bond acceptors (Lipinski definition) is 3. The second-order valence-corrected chi connectivity index (χ2v) is 4.72. The number of hydrogen-bond donors (Lipinski definition) is 0. The number of ether oxygens (including phenoxy) is 1. The van der Waals surface area contributed by atoms with Gasteiger partial charge in [0, 0.05) is 6.61 Å². The standard InChI is InChI=1S/C12H19NO2/c14-10-13-12(7-3-1-4-8-12)11-6-2-5-9-15-11/h11H,1-9H2. The molecule has 0 aromatic carbocycles. The number of rotatable bonds is 2. The number of isocyanates is 1. The Kier molecular flexibility index (Phi) is 3.55. The van der Waals surface area contributed by atoms with E-state index in [4.69, 9.17) is 4.74 Å². The van der Waals surface area contributed by atoms with E-state index in [-0.39, 0.29) is 11.6 Å². The van der Waals surface area contributed by atoms with Gasteiger partial charge in [-0.15, -0.1) is 0 Å². The summed E-state index contributed by atoms with van der Waals surface area (Å²) in [7, 11) is 0.